The van der Waals surface area contributed by atoms with E-state index in [1.165, 1.54) is 25.7 Å². The maximum Gasteiger partial charge on any atom is 0.0813 e. The van der Waals surface area contributed by atoms with Gasteiger partial charge in [0, 0.05) is 17.1 Å². The lowest BCUT2D eigenvalue weighted by Crippen LogP contribution is -2.39. The molecule has 0 aliphatic heterocycles. The molecule has 0 radical (unpaired) electrons. The number of benzene rings is 1. The summed E-state index contributed by atoms with van der Waals surface area (Å²) in [7, 11) is 2.21. The molecule has 3 atom stereocenters. The predicted octanol–water partition coefficient (Wildman–Crippen LogP) is 4.38. The minimum absolute atomic E-state index is 0.382. The number of halogens is 1. The zero-order chi connectivity index (χ0) is 14.5. The third-order valence-corrected chi connectivity index (χ3v) is 5.37. The van der Waals surface area contributed by atoms with Gasteiger partial charge in [0.1, 0.15) is 0 Å². The van der Waals surface area contributed by atoms with Gasteiger partial charge in [0.05, 0.1) is 6.10 Å². The molecule has 1 saturated carbocycles. The van der Waals surface area contributed by atoms with Gasteiger partial charge in [-0.15, -0.1) is 0 Å². The van der Waals surface area contributed by atoms with Crippen molar-refractivity contribution >= 4 is 15.9 Å². The van der Waals surface area contributed by atoms with Crippen LogP contribution in [0, 0.1) is 5.92 Å². The lowest BCUT2D eigenvalue weighted by molar-refractivity contribution is 0.103. The van der Waals surface area contributed by atoms with Gasteiger partial charge in [-0.25, -0.2) is 0 Å². The van der Waals surface area contributed by atoms with E-state index in [1.54, 1.807) is 0 Å². The molecule has 20 heavy (non-hydrogen) atoms. The first-order valence-electron chi connectivity index (χ1n) is 7.72. The van der Waals surface area contributed by atoms with E-state index in [0.717, 1.165) is 28.9 Å². The molecule has 2 nitrogen and oxygen atoms in total. The van der Waals surface area contributed by atoms with E-state index in [2.05, 4.69) is 34.8 Å². The minimum atomic E-state index is -0.382. The standard InChI is InChI=1S/C17H26BrNO/c1-13-7-3-6-10-16(13)19(2)12-11-17(20)14-8-4-5-9-15(14)18/h4-5,8-9,13,16-17,20H,3,6-7,10-12H2,1-2H3. The average molecular weight is 340 g/mol. The number of aliphatic hydroxyl groups is 1. The fourth-order valence-corrected chi connectivity index (χ4v) is 3.89. The van der Waals surface area contributed by atoms with Crippen molar-refractivity contribution in [1.82, 2.24) is 4.90 Å². The fourth-order valence-electron chi connectivity index (χ4n) is 3.34. The molecule has 0 spiro atoms. The number of rotatable bonds is 5. The highest BCUT2D eigenvalue weighted by Gasteiger charge is 2.25. The molecule has 1 aliphatic carbocycles. The van der Waals surface area contributed by atoms with Crippen LogP contribution in [0.25, 0.3) is 0 Å². The van der Waals surface area contributed by atoms with Gasteiger partial charge in [0.25, 0.3) is 0 Å². The summed E-state index contributed by atoms with van der Waals surface area (Å²) in [5.74, 6) is 0.786. The SMILES string of the molecule is CC1CCCCC1N(C)CCC(O)c1ccccc1Br. The average Bonchev–Trinajstić information content (AvgIpc) is 2.45. The van der Waals surface area contributed by atoms with Crippen LogP contribution in [0.15, 0.2) is 28.7 Å². The molecular formula is C17H26BrNO. The number of aliphatic hydroxyl groups excluding tert-OH is 1. The summed E-state index contributed by atoms with van der Waals surface area (Å²) in [5, 5.41) is 10.4. The normalized spacial score (nSPS) is 24.9. The van der Waals surface area contributed by atoms with Crippen LogP contribution in [-0.4, -0.2) is 29.6 Å². The summed E-state index contributed by atoms with van der Waals surface area (Å²) in [5.41, 5.74) is 0.998. The van der Waals surface area contributed by atoms with Crippen molar-refractivity contribution in [2.24, 2.45) is 5.92 Å². The summed E-state index contributed by atoms with van der Waals surface area (Å²) in [6.07, 6.45) is 5.80. The van der Waals surface area contributed by atoms with E-state index in [0.29, 0.717) is 6.04 Å². The van der Waals surface area contributed by atoms with E-state index in [-0.39, 0.29) is 6.10 Å². The molecule has 0 saturated heterocycles. The summed E-state index contributed by atoms with van der Waals surface area (Å²) in [6.45, 7) is 3.32. The van der Waals surface area contributed by atoms with Crippen molar-refractivity contribution in [1.29, 1.82) is 0 Å². The first kappa shape index (κ1) is 16.0. The van der Waals surface area contributed by atoms with E-state index < -0.39 is 0 Å². The highest BCUT2D eigenvalue weighted by molar-refractivity contribution is 9.10. The topological polar surface area (TPSA) is 23.5 Å². The smallest absolute Gasteiger partial charge is 0.0813 e. The van der Waals surface area contributed by atoms with Gasteiger partial charge in [-0.2, -0.15) is 0 Å². The number of nitrogens with zero attached hydrogens (tertiary/aromatic N) is 1. The van der Waals surface area contributed by atoms with Gasteiger partial charge in [0.15, 0.2) is 0 Å². The van der Waals surface area contributed by atoms with Crippen LogP contribution in [0.4, 0.5) is 0 Å². The van der Waals surface area contributed by atoms with Crippen LogP contribution in [0.5, 0.6) is 0 Å². The van der Waals surface area contributed by atoms with Crippen molar-refractivity contribution in [3.8, 4) is 0 Å². The van der Waals surface area contributed by atoms with Gasteiger partial charge >= 0.3 is 0 Å². The molecule has 1 fully saturated rings. The zero-order valence-corrected chi connectivity index (χ0v) is 14.1. The molecule has 0 aromatic heterocycles. The third kappa shape index (κ3) is 4.06. The van der Waals surface area contributed by atoms with E-state index in [4.69, 9.17) is 0 Å². The molecule has 112 valence electrons. The van der Waals surface area contributed by atoms with Crippen LogP contribution in [0.3, 0.4) is 0 Å². The fraction of sp³-hybridized carbons (Fsp3) is 0.647. The molecule has 0 bridgehead atoms. The molecule has 2 rings (SSSR count). The molecule has 1 N–H and O–H groups in total. The lowest BCUT2D eigenvalue weighted by atomic mass is 9.85. The van der Waals surface area contributed by atoms with Crippen molar-refractivity contribution in [2.75, 3.05) is 13.6 Å². The Morgan fingerprint density at radius 3 is 2.70 bits per heavy atom. The Labute approximate surface area is 131 Å². The maximum absolute atomic E-state index is 10.4. The van der Waals surface area contributed by atoms with E-state index >= 15 is 0 Å². The van der Waals surface area contributed by atoms with Crippen LogP contribution in [0.2, 0.25) is 0 Å². The Hall–Kier alpha value is -0.380. The molecule has 1 aromatic rings. The van der Waals surface area contributed by atoms with Crippen molar-refractivity contribution in [3.63, 3.8) is 0 Å². The monoisotopic (exact) mass is 339 g/mol. The zero-order valence-electron chi connectivity index (χ0n) is 12.6. The summed E-state index contributed by atoms with van der Waals surface area (Å²) in [4.78, 5) is 2.45. The van der Waals surface area contributed by atoms with E-state index in [1.807, 2.05) is 24.3 Å². The molecule has 0 heterocycles. The van der Waals surface area contributed by atoms with Crippen LogP contribution in [-0.2, 0) is 0 Å². The summed E-state index contributed by atoms with van der Waals surface area (Å²) >= 11 is 3.52. The third-order valence-electron chi connectivity index (χ3n) is 4.65. The second-order valence-corrected chi connectivity index (χ2v) is 6.99. The summed E-state index contributed by atoms with van der Waals surface area (Å²) in [6, 6.07) is 8.64. The first-order chi connectivity index (χ1) is 9.59. The lowest BCUT2D eigenvalue weighted by Gasteiger charge is -2.36. The molecule has 1 aliphatic rings. The Kier molecular flexibility index (Phi) is 6.06. The highest BCUT2D eigenvalue weighted by atomic mass is 79.9. The highest BCUT2D eigenvalue weighted by Crippen LogP contribution is 2.29. The minimum Gasteiger partial charge on any atom is -0.388 e. The second kappa shape index (κ2) is 7.58. The quantitative estimate of drug-likeness (QED) is 0.860. The Morgan fingerprint density at radius 1 is 1.30 bits per heavy atom. The van der Waals surface area contributed by atoms with Crippen molar-refractivity contribution in [3.05, 3.63) is 34.3 Å². The molecule has 3 unspecified atom stereocenters. The Balaban J connectivity index is 1.86. The Morgan fingerprint density at radius 2 is 2.00 bits per heavy atom. The van der Waals surface area contributed by atoms with Crippen LogP contribution >= 0.6 is 15.9 Å². The molecule has 3 heteroatoms. The molecule has 0 amide bonds. The van der Waals surface area contributed by atoms with Gasteiger partial charge in [-0.05, 0) is 43.9 Å². The first-order valence-corrected chi connectivity index (χ1v) is 8.51. The van der Waals surface area contributed by atoms with Crippen LogP contribution < -0.4 is 0 Å². The predicted molar refractivity (Wildman–Crippen MR) is 87.8 cm³/mol. The second-order valence-electron chi connectivity index (χ2n) is 6.14. The largest absolute Gasteiger partial charge is 0.388 e. The molecule has 1 aromatic carbocycles. The maximum atomic E-state index is 10.4. The summed E-state index contributed by atoms with van der Waals surface area (Å²) < 4.78 is 1.00. The number of hydrogen-bond donors (Lipinski definition) is 1. The Bertz CT molecular complexity index is 423. The van der Waals surface area contributed by atoms with Crippen LogP contribution in [0.1, 0.15) is 50.7 Å². The van der Waals surface area contributed by atoms with Gasteiger partial charge in [-0.3, -0.25) is 0 Å². The van der Waals surface area contributed by atoms with Gasteiger partial charge in [0.2, 0.25) is 0 Å². The van der Waals surface area contributed by atoms with E-state index in [9.17, 15) is 5.11 Å². The number of hydrogen-bond acceptors (Lipinski definition) is 2. The van der Waals surface area contributed by atoms with Crippen molar-refractivity contribution < 1.29 is 5.11 Å². The van der Waals surface area contributed by atoms with Gasteiger partial charge in [-0.1, -0.05) is 53.9 Å². The van der Waals surface area contributed by atoms with Crippen molar-refractivity contribution in [2.45, 2.75) is 51.2 Å². The molecular weight excluding hydrogens is 314 g/mol. The van der Waals surface area contributed by atoms with Gasteiger partial charge < -0.3 is 10.0 Å².